The summed E-state index contributed by atoms with van der Waals surface area (Å²) in [5, 5.41) is 5.13. The number of fused-ring (bicyclic) bond motifs is 2. The highest BCUT2D eigenvalue weighted by atomic mass is 19.1. The summed E-state index contributed by atoms with van der Waals surface area (Å²) in [6.45, 7) is 0.462. The largest absolute Gasteiger partial charge is 0.494 e. The number of nitrogens with one attached hydrogen (secondary N) is 2. The number of imide groups is 1. The Labute approximate surface area is 210 Å². The van der Waals surface area contributed by atoms with Crippen molar-refractivity contribution in [2.45, 2.75) is 37.1 Å². The normalized spacial score (nSPS) is 23.4. The Balaban J connectivity index is 1.36. The second-order valence-electron chi connectivity index (χ2n) is 9.68. The molecule has 37 heavy (non-hydrogen) atoms. The quantitative estimate of drug-likeness (QED) is 0.506. The zero-order valence-corrected chi connectivity index (χ0v) is 19.9. The van der Waals surface area contributed by atoms with Crippen molar-refractivity contribution in [3.05, 3.63) is 58.7 Å². The van der Waals surface area contributed by atoms with Crippen LogP contribution in [0.2, 0.25) is 0 Å². The fourth-order valence-electron chi connectivity index (χ4n) is 5.50. The van der Waals surface area contributed by atoms with Crippen molar-refractivity contribution in [2.24, 2.45) is 0 Å². The van der Waals surface area contributed by atoms with Crippen molar-refractivity contribution in [3.63, 3.8) is 0 Å². The van der Waals surface area contributed by atoms with E-state index in [0.29, 0.717) is 29.6 Å². The van der Waals surface area contributed by atoms with Crippen LogP contribution < -0.4 is 15.4 Å². The number of hydrogen-bond donors (Lipinski definition) is 2. The molecule has 5 heterocycles. The summed E-state index contributed by atoms with van der Waals surface area (Å²) < 4.78 is 25.9. The zero-order valence-electron chi connectivity index (χ0n) is 19.9. The van der Waals surface area contributed by atoms with Crippen LogP contribution in [0.5, 0.6) is 5.75 Å². The Morgan fingerprint density at radius 3 is 2.76 bits per heavy atom. The number of carbonyl (C=O) groups is 4. The lowest BCUT2D eigenvalue weighted by Crippen LogP contribution is -2.46. The van der Waals surface area contributed by atoms with Gasteiger partial charge < -0.3 is 19.4 Å². The van der Waals surface area contributed by atoms with Crippen molar-refractivity contribution >= 4 is 34.7 Å². The molecule has 3 aromatic rings. The van der Waals surface area contributed by atoms with Gasteiger partial charge in [-0.05, 0) is 30.2 Å². The molecule has 3 aliphatic rings. The second-order valence-corrected chi connectivity index (χ2v) is 9.68. The Hall–Kier alpha value is -4.28. The van der Waals surface area contributed by atoms with Crippen LogP contribution in [-0.2, 0) is 26.3 Å². The number of furan rings is 1. The molecule has 3 aliphatic heterocycles. The maximum Gasteiger partial charge on any atom is 0.257 e. The standard InChI is InChI=1S/C26H23FN4O6/c1-36-18-4-2-14-11-31(24(34)22(14)23(18)27)12-26(10-21(33)30-25(26)35)19-9-16-17(37-19)5-3-15(29-16)13-6-7-28-20(32)8-13/h2-5,9,13H,6-8,10-12H2,1H3,(H,28,32)(H,30,33,35)/t13?,26-/m1/s1. The molecule has 2 fully saturated rings. The van der Waals surface area contributed by atoms with Crippen LogP contribution in [0.1, 0.15) is 52.6 Å². The van der Waals surface area contributed by atoms with E-state index >= 15 is 0 Å². The van der Waals surface area contributed by atoms with Gasteiger partial charge in [-0.25, -0.2) is 9.37 Å². The molecule has 1 unspecified atom stereocenters. The third-order valence-electron chi connectivity index (χ3n) is 7.42. The Morgan fingerprint density at radius 2 is 2.03 bits per heavy atom. The Bertz CT molecular complexity index is 1500. The summed E-state index contributed by atoms with van der Waals surface area (Å²) in [4.78, 5) is 56.6. The number of aromatic nitrogens is 1. The van der Waals surface area contributed by atoms with Gasteiger partial charge in [-0.2, -0.15) is 0 Å². The number of hydrogen-bond acceptors (Lipinski definition) is 7. The first kappa shape index (κ1) is 23.1. The fourth-order valence-corrected chi connectivity index (χ4v) is 5.50. The van der Waals surface area contributed by atoms with Crippen molar-refractivity contribution in [1.29, 1.82) is 0 Å². The monoisotopic (exact) mass is 506 g/mol. The highest BCUT2D eigenvalue weighted by Gasteiger charge is 2.53. The van der Waals surface area contributed by atoms with Crippen molar-refractivity contribution < 1.29 is 32.7 Å². The van der Waals surface area contributed by atoms with Gasteiger partial charge in [-0.1, -0.05) is 6.07 Å². The second kappa shape index (κ2) is 8.39. The molecule has 4 amide bonds. The summed E-state index contributed by atoms with van der Waals surface area (Å²) in [5.74, 6) is -2.36. The number of ether oxygens (including phenoxy) is 1. The first-order valence-corrected chi connectivity index (χ1v) is 12.0. The highest BCUT2D eigenvalue weighted by molar-refractivity contribution is 6.10. The van der Waals surface area contributed by atoms with Crippen molar-refractivity contribution in [2.75, 3.05) is 20.2 Å². The van der Waals surface area contributed by atoms with E-state index in [1.54, 1.807) is 24.3 Å². The number of piperidine rings is 1. The van der Waals surface area contributed by atoms with E-state index in [4.69, 9.17) is 9.15 Å². The topological polar surface area (TPSA) is 131 Å². The number of rotatable bonds is 5. The molecule has 1 aromatic carbocycles. The van der Waals surface area contributed by atoms with E-state index in [-0.39, 0.29) is 48.4 Å². The van der Waals surface area contributed by atoms with Gasteiger partial charge in [0.15, 0.2) is 17.1 Å². The molecule has 11 heteroatoms. The van der Waals surface area contributed by atoms with Crippen LogP contribution in [0.4, 0.5) is 4.39 Å². The minimum absolute atomic E-state index is 0.0311. The van der Waals surface area contributed by atoms with Gasteiger partial charge in [-0.15, -0.1) is 0 Å². The summed E-state index contributed by atoms with van der Waals surface area (Å²) in [6, 6.07) is 8.19. The van der Waals surface area contributed by atoms with Crippen molar-refractivity contribution in [3.8, 4) is 5.75 Å². The fraction of sp³-hybridized carbons (Fsp3) is 0.346. The van der Waals surface area contributed by atoms with Gasteiger partial charge in [0, 0.05) is 43.7 Å². The molecule has 2 N–H and O–H groups in total. The summed E-state index contributed by atoms with van der Waals surface area (Å²) in [7, 11) is 1.31. The third kappa shape index (κ3) is 3.64. The Kier molecular flexibility index (Phi) is 5.25. The molecule has 2 atom stereocenters. The molecule has 10 nitrogen and oxygen atoms in total. The first-order valence-electron chi connectivity index (χ1n) is 12.0. The van der Waals surface area contributed by atoms with Gasteiger partial charge >= 0.3 is 0 Å². The molecular weight excluding hydrogens is 483 g/mol. The average Bonchev–Trinajstić information content (AvgIpc) is 3.53. The number of benzene rings is 1. The van der Waals surface area contributed by atoms with E-state index in [9.17, 15) is 23.6 Å². The van der Waals surface area contributed by atoms with Crippen molar-refractivity contribution in [1.82, 2.24) is 20.5 Å². The molecule has 2 saturated heterocycles. The smallest absolute Gasteiger partial charge is 0.257 e. The third-order valence-corrected chi connectivity index (χ3v) is 7.42. The van der Waals surface area contributed by atoms with Crippen LogP contribution in [0.15, 0.2) is 34.7 Å². The predicted octanol–water partition coefficient (Wildman–Crippen LogP) is 1.91. The van der Waals surface area contributed by atoms with Gasteiger partial charge in [0.25, 0.3) is 5.91 Å². The van der Waals surface area contributed by atoms with Crippen LogP contribution in [0, 0.1) is 5.82 Å². The van der Waals surface area contributed by atoms with E-state index in [0.717, 1.165) is 12.1 Å². The lowest BCUT2D eigenvalue weighted by Gasteiger charge is -2.28. The molecule has 6 rings (SSSR count). The summed E-state index contributed by atoms with van der Waals surface area (Å²) in [5.41, 5.74) is 0.503. The predicted molar refractivity (Wildman–Crippen MR) is 126 cm³/mol. The molecule has 0 radical (unpaired) electrons. The van der Waals surface area contributed by atoms with Crippen LogP contribution in [0.3, 0.4) is 0 Å². The SMILES string of the molecule is COc1ccc2c(c1F)C(=O)N(C[C@@]1(c3cc4nc(C5CCNC(=O)C5)ccc4o3)CC(=O)NC1=O)C2. The lowest BCUT2D eigenvalue weighted by molar-refractivity contribution is -0.127. The van der Waals surface area contributed by atoms with E-state index in [1.165, 1.54) is 18.1 Å². The maximum absolute atomic E-state index is 14.9. The number of halogens is 1. The molecule has 2 aromatic heterocycles. The van der Waals surface area contributed by atoms with E-state index < -0.39 is 29.0 Å². The van der Waals surface area contributed by atoms with Gasteiger partial charge in [0.05, 0.1) is 19.1 Å². The molecule has 190 valence electrons. The minimum Gasteiger partial charge on any atom is -0.494 e. The molecular formula is C26H23FN4O6. The zero-order chi connectivity index (χ0) is 25.9. The number of pyridine rings is 1. The lowest BCUT2D eigenvalue weighted by atomic mass is 9.82. The number of carbonyl (C=O) groups excluding carboxylic acids is 4. The first-order chi connectivity index (χ1) is 17.8. The van der Waals surface area contributed by atoms with Gasteiger partial charge in [0.2, 0.25) is 17.7 Å². The summed E-state index contributed by atoms with van der Waals surface area (Å²) >= 11 is 0. The maximum atomic E-state index is 14.9. The number of nitrogens with zero attached hydrogens (tertiary/aromatic N) is 2. The molecule has 0 aliphatic carbocycles. The van der Waals surface area contributed by atoms with Crippen LogP contribution in [0.25, 0.3) is 11.1 Å². The number of methoxy groups -OCH3 is 1. The Morgan fingerprint density at radius 1 is 1.19 bits per heavy atom. The van der Waals surface area contributed by atoms with E-state index in [1.807, 2.05) is 0 Å². The van der Waals surface area contributed by atoms with Gasteiger partial charge in [0.1, 0.15) is 16.7 Å². The number of amides is 4. The molecule has 0 bridgehead atoms. The van der Waals surface area contributed by atoms with Crippen LogP contribution in [-0.4, -0.2) is 53.7 Å². The van der Waals surface area contributed by atoms with Gasteiger partial charge in [-0.3, -0.25) is 24.5 Å². The summed E-state index contributed by atoms with van der Waals surface area (Å²) in [6.07, 6.45) is 0.866. The molecule has 0 spiro atoms. The van der Waals surface area contributed by atoms with Crippen LogP contribution >= 0.6 is 0 Å². The minimum atomic E-state index is -1.50. The highest BCUT2D eigenvalue weighted by Crippen LogP contribution is 2.40. The average molecular weight is 506 g/mol. The van der Waals surface area contributed by atoms with E-state index in [2.05, 4.69) is 15.6 Å². The molecule has 0 saturated carbocycles.